The number of rotatable bonds is 38. The smallest absolute Gasteiger partial charge is 0.387 e. The van der Waals surface area contributed by atoms with Gasteiger partial charge in [-0.05, 0) is 70.6 Å². The van der Waals surface area contributed by atoms with Gasteiger partial charge in [0.1, 0.15) is 13.2 Å². The summed E-state index contributed by atoms with van der Waals surface area (Å²) in [7, 11) is 1.53. The van der Waals surface area contributed by atoms with Gasteiger partial charge in [-0.15, -0.1) is 0 Å². The number of aliphatic hydroxyl groups is 1. The average Bonchev–Trinajstić information content (AvgIpc) is 3.10. The third-order valence-electron chi connectivity index (χ3n) is 9.25. The number of carbonyl (C=O) groups excluding carboxylic acids is 1. The standard InChI is InChI=1S/C44H83N2O6P/c1-6-8-10-12-14-16-18-20-21-22-23-24-25-26-27-29-31-33-35-37-43(47)42(41-52-53(49,50)51-40-39-46(3,4)5)45-44(48)38-36-34-32-30-28-19-17-15-13-11-9-7-2/h15,17,23-24,27,29,35,37,42-43,47H,6-14,16,18-22,25-26,28,30-34,36,38-41H2,1-5H3,(H-,45,48,49,50)/p+1/b17-15-,24-23+,29-27+,37-35+. The van der Waals surface area contributed by atoms with E-state index < -0.39 is 20.0 Å². The number of unbranched alkanes of at least 4 members (excludes halogenated alkanes) is 19. The molecule has 8 nitrogen and oxygen atoms in total. The Hall–Kier alpha value is -1.54. The Bertz CT molecular complexity index is 1010. The van der Waals surface area contributed by atoms with E-state index in [-0.39, 0.29) is 19.1 Å². The average molecular weight is 768 g/mol. The molecule has 310 valence electrons. The molecule has 0 bridgehead atoms. The number of phosphoric ester groups is 1. The minimum atomic E-state index is -4.35. The minimum Gasteiger partial charge on any atom is -0.387 e. The van der Waals surface area contributed by atoms with E-state index in [0.717, 1.165) is 57.8 Å². The fourth-order valence-electron chi connectivity index (χ4n) is 5.77. The van der Waals surface area contributed by atoms with Crippen molar-refractivity contribution >= 4 is 13.7 Å². The number of aliphatic hydroxyl groups excluding tert-OH is 1. The van der Waals surface area contributed by atoms with Crippen molar-refractivity contribution < 1.29 is 32.9 Å². The second-order valence-corrected chi connectivity index (χ2v) is 17.1. The van der Waals surface area contributed by atoms with E-state index >= 15 is 0 Å². The normalized spacial score (nSPS) is 14.9. The lowest BCUT2D eigenvalue weighted by molar-refractivity contribution is -0.870. The van der Waals surface area contributed by atoms with Crippen molar-refractivity contribution in [2.75, 3.05) is 40.9 Å². The van der Waals surface area contributed by atoms with Gasteiger partial charge < -0.3 is 19.8 Å². The first-order chi connectivity index (χ1) is 25.5. The molecule has 0 aromatic rings. The van der Waals surface area contributed by atoms with Gasteiger partial charge in [0, 0.05) is 6.42 Å². The second-order valence-electron chi connectivity index (χ2n) is 15.7. The first-order valence-corrected chi connectivity index (χ1v) is 23.0. The molecule has 0 fully saturated rings. The second kappa shape index (κ2) is 36.1. The van der Waals surface area contributed by atoms with Crippen molar-refractivity contribution in [2.24, 2.45) is 0 Å². The summed E-state index contributed by atoms with van der Waals surface area (Å²) in [5.41, 5.74) is 0. The third-order valence-corrected chi connectivity index (χ3v) is 10.2. The maximum Gasteiger partial charge on any atom is 0.472 e. The summed E-state index contributed by atoms with van der Waals surface area (Å²) in [6, 6.07) is -0.872. The van der Waals surface area contributed by atoms with Gasteiger partial charge in [-0.25, -0.2) is 4.57 Å². The highest BCUT2D eigenvalue weighted by atomic mass is 31.2. The number of phosphoric acid groups is 1. The van der Waals surface area contributed by atoms with E-state index in [2.05, 4.69) is 55.6 Å². The largest absolute Gasteiger partial charge is 0.472 e. The van der Waals surface area contributed by atoms with Crippen LogP contribution in [0.25, 0.3) is 0 Å². The molecule has 0 heterocycles. The van der Waals surface area contributed by atoms with Crippen LogP contribution in [0.15, 0.2) is 48.6 Å². The van der Waals surface area contributed by atoms with Crippen LogP contribution in [0.1, 0.15) is 174 Å². The number of amides is 1. The Morgan fingerprint density at radius 1 is 0.623 bits per heavy atom. The summed E-state index contributed by atoms with van der Waals surface area (Å²) in [6.45, 7) is 4.73. The number of nitrogens with zero attached hydrogens (tertiary/aromatic N) is 1. The number of nitrogens with one attached hydrogen (secondary N) is 1. The molecule has 9 heteroatoms. The van der Waals surface area contributed by atoms with E-state index in [4.69, 9.17) is 9.05 Å². The number of hydrogen-bond donors (Lipinski definition) is 3. The van der Waals surface area contributed by atoms with Gasteiger partial charge in [0.05, 0.1) is 39.9 Å². The monoisotopic (exact) mass is 768 g/mol. The summed E-state index contributed by atoms with van der Waals surface area (Å²) in [6.07, 6.45) is 44.7. The Morgan fingerprint density at radius 2 is 1.04 bits per heavy atom. The van der Waals surface area contributed by atoms with Gasteiger partial charge in [-0.3, -0.25) is 13.8 Å². The molecule has 0 aromatic heterocycles. The lowest BCUT2D eigenvalue weighted by Gasteiger charge is -2.25. The molecule has 3 N–H and O–H groups in total. The van der Waals surface area contributed by atoms with Crippen LogP contribution in [0, 0.1) is 0 Å². The molecule has 1 amide bonds. The van der Waals surface area contributed by atoms with Gasteiger partial charge in [0.25, 0.3) is 0 Å². The van der Waals surface area contributed by atoms with E-state index in [1.165, 1.54) is 96.3 Å². The molecule has 0 radical (unpaired) electrons. The van der Waals surface area contributed by atoms with Crippen LogP contribution in [0.2, 0.25) is 0 Å². The van der Waals surface area contributed by atoms with Gasteiger partial charge in [-0.2, -0.15) is 0 Å². The van der Waals surface area contributed by atoms with Crippen molar-refractivity contribution in [3.8, 4) is 0 Å². The van der Waals surface area contributed by atoms with Crippen LogP contribution in [-0.4, -0.2) is 73.4 Å². The molecular weight excluding hydrogens is 683 g/mol. The summed E-state index contributed by atoms with van der Waals surface area (Å²) in [5, 5.41) is 13.8. The molecular formula is C44H84N2O6P+. The Balaban J connectivity index is 4.54. The molecule has 53 heavy (non-hydrogen) atoms. The van der Waals surface area contributed by atoms with Crippen molar-refractivity contribution in [2.45, 2.75) is 187 Å². The molecule has 0 aliphatic heterocycles. The highest BCUT2D eigenvalue weighted by Gasteiger charge is 2.27. The predicted octanol–water partition coefficient (Wildman–Crippen LogP) is 11.7. The van der Waals surface area contributed by atoms with E-state index in [1.807, 2.05) is 27.2 Å². The van der Waals surface area contributed by atoms with Crippen molar-refractivity contribution in [3.05, 3.63) is 48.6 Å². The molecule has 0 aliphatic carbocycles. The van der Waals surface area contributed by atoms with Crippen molar-refractivity contribution in [1.29, 1.82) is 0 Å². The SMILES string of the molecule is CCCCC/C=C\CCCCCCCC(=O)NC(COP(=O)(O)OCC[N+](C)(C)C)C(O)/C=C/CC/C=C/CC/C=C/CCCCCCCCCCC. The van der Waals surface area contributed by atoms with E-state index in [9.17, 15) is 19.4 Å². The topological polar surface area (TPSA) is 105 Å². The quantitative estimate of drug-likeness (QED) is 0.0250. The van der Waals surface area contributed by atoms with Crippen LogP contribution in [0.5, 0.6) is 0 Å². The van der Waals surface area contributed by atoms with Crippen LogP contribution in [-0.2, 0) is 18.4 Å². The molecule has 0 rings (SSSR count). The molecule has 0 spiro atoms. The van der Waals surface area contributed by atoms with Gasteiger partial charge in [0.2, 0.25) is 5.91 Å². The van der Waals surface area contributed by atoms with Gasteiger partial charge in [-0.1, -0.05) is 146 Å². The number of carbonyl (C=O) groups is 1. The van der Waals surface area contributed by atoms with Gasteiger partial charge >= 0.3 is 7.82 Å². The zero-order valence-electron chi connectivity index (χ0n) is 35.0. The number of quaternary nitrogens is 1. The summed E-state index contributed by atoms with van der Waals surface area (Å²) in [4.78, 5) is 23.0. The molecule has 0 aromatic carbocycles. The first-order valence-electron chi connectivity index (χ1n) is 21.5. The molecule has 3 atom stereocenters. The Kier molecular flexibility index (Phi) is 35.1. The van der Waals surface area contributed by atoms with Crippen molar-refractivity contribution in [3.63, 3.8) is 0 Å². The number of likely N-dealkylation sites (N-methyl/N-ethyl adjacent to an activating group) is 1. The fourth-order valence-corrected chi connectivity index (χ4v) is 6.51. The minimum absolute atomic E-state index is 0.0508. The molecule has 0 saturated carbocycles. The maximum atomic E-state index is 12.8. The number of allylic oxidation sites excluding steroid dienone is 7. The van der Waals surface area contributed by atoms with E-state index in [1.54, 1.807) is 6.08 Å². The fraction of sp³-hybridized carbons (Fsp3) is 0.795. The summed E-state index contributed by atoms with van der Waals surface area (Å²) < 4.78 is 23.5. The molecule has 0 saturated heterocycles. The van der Waals surface area contributed by atoms with E-state index in [0.29, 0.717) is 17.4 Å². The van der Waals surface area contributed by atoms with Crippen LogP contribution in [0.3, 0.4) is 0 Å². The molecule has 0 aliphatic rings. The van der Waals surface area contributed by atoms with Crippen LogP contribution in [0.4, 0.5) is 0 Å². The summed E-state index contributed by atoms with van der Waals surface area (Å²) in [5.74, 6) is -0.204. The molecule has 3 unspecified atom stereocenters. The lowest BCUT2D eigenvalue weighted by atomic mass is 10.1. The summed E-state index contributed by atoms with van der Waals surface area (Å²) >= 11 is 0. The third kappa shape index (κ3) is 38.5. The number of hydrogen-bond acceptors (Lipinski definition) is 5. The predicted molar refractivity (Wildman–Crippen MR) is 226 cm³/mol. The zero-order chi connectivity index (χ0) is 39.3. The van der Waals surface area contributed by atoms with Crippen LogP contribution < -0.4 is 5.32 Å². The Morgan fingerprint density at radius 3 is 1.55 bits per heavy atom. The van der Waals surface area contributed by atoms with Gasteiger partial charge in [0.15, 0.2) is 0 Å². The highest BCUT2D eigenvalue weighted by Crippen LogP contribution is 2.43. The first kappa shape index (κ1) is 51.5. The maximum absolute atomic E-state index is 12.8. The Labute approximate surface area is 327 Å². The zero-order valence-corrected chi connectivity index (χ0v) is 35.9. The lowest BCUT2D eigenvalue weighted by Crippen LogP contribution is -2.45. The highest BCUT2D eigenvalue weighted by molar-refractivity contribution is 7.47. The van der Waals surface area contributed by atoms with Crippen LogP contribution >= 0.6 is 7.82 Å². The van der Waals surface area contributed by atoms with Crippen molar-refractivity contribution in [1.82, 2.24) is 5.32 Å².